The third-order valence-corrected chi connectivity index (χ3v) is 2.26. The van der Waals surface area contributed by atoms with Crippen LogP contribution >= 0.6 is 0 Å². The van der Waals surface area contributed by atoms with Gasteiger partial charge in [-0.25, -0.2) is 0 Å². The summed E-state index contributed by atoms with van der Waals surface area (Å²) in [7, 11) is 1.41. The third kappa shape index (κ3) is 2.85. The highest BCUT2D eigenvalue weighted by Crippen LogP contribution is 2.37. The van der Waals surface area contributed by atoms with Crippen molar-refractivity contribution in [1.82, 2.24) is 0 Å². The SMILES string of the molecule is CCOc1cc(C(C)O)c([N+](=O)[O-])cc1OC. The number of methoxy groups -OCH3 is 1. The lowest BCUT2D eigenvalue weighted by Crippen LogP contribution is -2.03. The minimum atomic E-state index is -0.944. The average molecular weight is 241 g/mol. The fraction of sp³-hybridized carbons (Fsp3) is 0.455. The van der Waals surface area contributed by atoms with Crippen molar-refractivity contribution in [3.63, 3.8) is 0 Å². The highest BCUT2D eigenvalue weighted by Gasteiger charge is 2.22. The molecule has 0 heterocycles. The van der Waals surface area contributed by atoms with Crippen LogP contribution in [0.25, 0.3) is 0 Å². The summed E-state index contributed by atoms with van der Waals surface area (Å²) < 4.78 is 10.3. The number of hydrogen-bond acceptors (Lipinski definition) is 5. The van der Waals surface area contributed by atoms with Gasteiger partial charge in [0, 0.05) is 0 Å². The molecular weight excluding hydrogens is 226 g/mol. The summed E-state index contributed by atoms with van der Waals surface area (Å²) in [5.74, 6) is 0.666. The number of hydrogen-bond donors (Lipinski definition) is 1. The van der Waals surface area contributed by atoms with E-state index < -0.39 is 11.0 Å². The second-order valence-electron chi connectivity index (χ2n) is 3.43. The largest absolute Gasteiger partial charge is 0.493 e. The molecule has 1 atom stereocenters. The molecule has 0 aromatic heterocycles. The highest BCUT2D eigenvalue weighted by atomic mass is 16.6. The van der Waals surface area contributed by atoms with Crippen molar-refractivity contribution in [1.29, 1.82) is 0 Å². The van der Waals surface area contributed by atoms with Gasteiger partial charge in [0.25, 0.3) is 5.69 Å². The van der Waals surface area contributed by atoms with Crippen LogP contribution in [0.5, 0.6) is 11.5 Å². The van der Waals surface area contributed by atoms with E-state index in [0.717, 1.165) is 0 Å². The van der Waals surface area contributed by atoms with Crippen LogP contribution in [0.1, 0.15) is 25.5 Å². The van der Waals surface area contributed by atoms with Crippen molar-refractivity contribution < 1.29 is 19.5 Å². The first kappa shape index (κ1) is 13.2. The molecule has 0 aliphatic heterocycles. The van der Waals surface area contributed by atoms with E-state index in [1.807, 2.05) is 0 Å². The second-order valence-corrected chi connectivity index (χ2v) is 3.43. The van der Waals surface area contributed by atoms with Gasteiger partial charge in [-0.15, -0.1) is 0 Å². The normalized spacial score (nSPS) is 12.0. The zero-order chi connectivity index (χ0) is 13.0. The molecule has 0 aliphatic carbocycles. The third-order valence-electron chi connectivity index (χ3n) is 2.26. The Bertz CT molecular complexity index is 417. The highest BCUT2D eigenvalue weighted by molar-refractivity contribution is 5.54. The first-order valence-electron chi connectivity index (χ1n) is 5.18. The quantitative estimate of drug-likeness (QED) is 0.630. The number of benzene rings is 1. The van der Waals surface area contributed by atoms with Gasteiger partial charge >= 0.3 is 0 Å². The molecule has 0 spiro atoms. The number of ether oxygens (including phenoxy) is 2. The van der Waals surface area contributed by atoms with Gasteiger partial charge in [0.2, 0.25) is 0 Å². The summed E-state index contributed by atoms with van der Waals surface area (Å²) in [6.45, 7) is 3.67. The van der Waals surface area contributed by atoms with Gasteiger partial charge in [-0.2, -0.15) is 0 Å². The summed E-state index contributed by atoms with van der Waals surface area (Å²) in [6.07, 6.45) is -0.944. The van der Waals surface area contributed by atoms with E-state index in [9.17, 15) is 15.2 Å². The Morgan fingerprint density at radius 1 is 1.47 bits per heavy atom. The molecule has 94 valence electrons. The number of nitro groups is 1. The number of nitrogens with zero attached hydrogens (tertiary/aromatic N) is 1. The molecule has 1 rings (SSSR count). The fourth-order valence-corrected chi connectivity index (χ4v) is 1.49. The Morgan fingerprint density at radius 2 is 2.12 bits per heavy atom. The van der Waals surface area contributed by atoms with Crippen LogP contribution in [-0.2, 0) is 0 Å². The van der Waals surface area contributed by atoms with Crippen molar-refractivity contribution in [2.24, 2.45) is 0 Å². The average Bonchev–Trinajstić information content (AvgIpc) is 2.28. The lowest BCUT2D eigenvalue weighted by Gasteiger charge is -2.13. The van der Waals surface area contributed by atoms with Gasteiger partial charge in [-0.05, 0) is 19.9 Å². The van der Waals surface area contributed by atoms with Crippen molar-refractivity contribution in [2.75, 3.05) is 13.7 Å². The van der Waals surface area contributed by atoms with Crippen molar-refractivity contribution >= 4 is 5.69 Å². The van der Waals surface area contributed by atoms with Crippen LogP contribution in [0.4, 0.5) is 5.69 Å². The number of aliphatic hydroxyl groups excluding tert-OH is 1. The van der Waals surface area contributed by atoms with Gasteiger partial charge < -0.3 is 14.6 Å². The van der Waals surface area contributed by atoms with Crippen LogP contribution in [0.15, 0.2) is 12.1 Å². The Morgan fingerprint density at radius 3 is 2.53 bits per heavy atom. The molecule has 17 heavy (non-hydrogen) atoms. The Kier molecular flexibility index (Phi) is 4.28. The maximum Gasteiger partial charge on any atom is 0.279 e. The molecule has 1 aromatic carbocycles. The fourth-order valence-electron chi connectivity index (χ4n) is 1.49. The standard InChI is InChI=1S/C11H15NO5/c1-4-17-11-5-8(7(2)13)9(12(14)15)6-10(11)16-3/h5-7,13H,4H2,1-3H3. The molecular formula is C11H15NO5. The van der Waals surface area contributed by atoms with Gasteiger partial charge in [-0.1, -0.05) is 0 Å². The molecule has 0 radical (unpaired) electrons. The van der Waals surface area contributed by atoms with Crippen molar-refractivity contribution in [3.05, 3.63) is 27.8 Å². The number of nitro benzene ring substituents is 1. The van der Waals surface area contributed by atoms with Gasteiger partial charge in [0.05, 0.1) is 36.4 Å². The summed E-state index contributed by atoms with van der Waals surface area (Å²) >= 11 is 0. The lowest BCUT2D eigenvalue weighted by atomic mass is 10.1. The zero-order valence-electron chi connectivity index (χ0n) is 9.97. The Balaban J connectivity index is 3.36. The number of rotatable bonds is 5. The Labute approximate surface area is 98.9 Å². The van der Waals surface area contributed by atoms with Crippen LogP contribution < -0.4 is 9.47 Å². The van der Waals surface area contributed by atoms with Crippen LogP contribution in [0.2, 0.25) is 0 Å². The summed E-state index contributed by atoms with van der Waals surface area (Å²) in [5, 5.41) is 20.4. The van der Waals surface area contributed by atoms with E-state index in [-0.39, 0.29) is 17.0 Å². The van der Waals surface area contributed by atoms with Crippen LogP contribution in [0, 0.1) is 10.1 Å². The topological polar surface area (TPSA) is 81.8 Å². The van der Waals surface area contributed by atoms with E-state index in [1.54, 1.807) is 6.92 Å². The molecule has 6 nitrogen and oxygen atoms in total. The molecule has 0 fully saturated rings. The molecule has 1 N–H and O–H groups in total. The van der Waals surface area contributed by atoms with Crippen LogP contribution in [-0.4, -0.2) is 23.7 Å². The van der Waals surface area contributed by atoms with E-state index >= 15 is 0 Å². The van der Waals surface area contributed by atoms with E-state index in [2.05, 4.69) is 0 Å². The zero-order valence-corrected chi connectivity index (χ0v) is 9.97. The van der Waals surface area contributed by atoms with Gasteiger partial charge in [0.1, 0.15) is 0 Å². The predicted molar refractivity (Wildman–Crippen MR) is 61.5 cm³/mol. The number of aliphatic hydroxyl groups is 1. The summed E-state index contributed by atoms with van der Waals surface area (Å²) in [5.41, 5.74) is 0.0274. The van der Waals surface area contributed by atoms with Crippen molar-refractivity contribution in [2.45, 2.75) is 20.0 Å². The van der Waals surface area contributed by atoms with Gasteiger partial charge in [-0.3, -0.25) is 10.1 Å². The Hall–Kier alpha value is -1.82. The predicted octanol–water partition coefficient (Wildman–Crippen LogP) is 2.06. The summed E-state index contributed by atoms with van der Waals surface area (Å²) in [4.78, 5) is 10.3. The second kappa shape index (κ2) is 5.49. The van der Waals surface area contributed by atoms with Crippen LogP contribution in [0.3, 0.4) is 0 Å². The van der Waals surface area contributed by atoms with E-state index in [4.69, 9.17) is 9.47 Å². The first-order chi connectivity index (χ1) is 8.01. The van der Waals surface area contributed by atoms with E-state index in [1.165, 1.54) is 26.2 Å². The monoisotopic (exact) mass is 241 g/mol. The minimum Gasteiger partial charge on any atom is -0.493 e. The molecule has 0 amide bonds. The molecule has 0 bridgehead atoms. The smallest absolute Gasteiger partial charge is 0.279 e. The van der Waals surface area contributed by atoms with E-state index in [0.29, 0.717) is 12.4 Å². The molecule has 1 aromatic rings. The lowest BCUT2D eigenvalue weighted by molar-refractivity contribution is -0.386. The molecule has 0 saturated heterocycles. The molecule has 1 unspecified atom stereocenters. The first-order valence-corrected chi connectivity index (χ1v) is 5.18. The molecule has 0 aliphatic rings. The maximum atomic E-state index is 10.9. The molecule has 0 saturated carbocycles. The van der Waals surface area contributed by atoms with Gasteiger partial charge in [0.15, 0.2) is 11.5 Å². The minimum absolute atomic E-state index is 0.180. The maximum absolute atomic E-state index is 10.9. The van der Waals surface area contributed by atoms with Crippen molar-refractivity contribution in [3.8, 4) is 11.5 Å². The molecule has 6 heteroatoms. The summed E-state index contributed by atoms with van der Waals surface area (Å²) in [6, 6.07) is 2.69.